The van der Waals surface area contributed by atoms with E-state index in [1.54, 1.807) is 29.0 Å². The fourth-order valence-corrected chi connectivity index (χ4v) is 4.40. The van der Waals surface area contributed by atoms with Gasteiger partial charge in [-0.3, -0.25) is 4.57 Å². The van der Waals surface area contributed by atoms with Gasteiger partial charge in [0, 0.05) is 12.1 Å². The third-order valence-corrected chi connectivity index (χ3v) is 5.21. The van der Waals surface area contributed by atoms with Crippen molar-refractivity contribution in [1.82, 2.24) is 0 Å². The summed E-state index contributed by atoms with van der Waals surface area (Å²) in [5, 5.41) is -0.685. The Hall–Kier alpha value is -0.820. The van der Waals surface area contributed by atoms with Crippen molar-refractivity contribution in [3.8, 4) is 5.82 Å². The molecule has 0 fully saturated rings. The highest BCUT2D eigenvalue weighted by atomic mass is 35.5. The van der Waals surface area contributed by atoms with Crippen LogP contribution in [0.4, 0.5) is 0 Å². The van der Waals surface area contributed by atoms with E-state index in [-0.39, 0.29) is 24.8 Å². The summed E-state index contributed by atoms with van der Waals surface area (Å²) in [6.07, 6.45) is 3.06. The van der Waals surface area contributed by atoms with Crippen LogP contribution in [0.5, 0.6) is 0 Å². The van der Waals surface area contributed by atoms with Crippen molar-refractivity contribution in [2.24, 2.45) is 0 Å². The Morgan fingerprint density at radius 3 is 2.04 bits per heavy atom. The van der Waals surface area contributed by atoms with E-state index in [2.05, 4.69) is 0 Å². The zero-order valence-corrected chi connectivity index (χ0v) is 15.7. The standard InChI is InChI=1S/C12H14N2O6P2.2ClH/c1-2-13-8-4-3-7-11(13)14-9-5-6-10(21(15,16)17)12(14)22(18,19)20;;/h3-9H,2H2,1H3,(H2-2,15,16,17,18,19,20);2*1H. The lowest BCUT2D eigenvalue weighted by Gasteiger charge is -2.09. The SMILES string of the molecule is CC[n+]1ccccc1-[n+]1cccc(P(=O)(O)O)c1P(=O)(O)O.[Cl-].[Cl-]. The Labute approximate surface area is 150 Å². The zero-order chi connectivity index (χ0) is 16.5. The maximum absolute atomic E-state index is 11.8. The minimum atomic E-state index is -4.93. The van der Waals surface area contributed by atoms with E-state index in [4.69, 9.17) is 0 Å². The molecular formula is C12H16Cl2N2O6P2. The fraction of sp³-hybridized carbons (Fsp3) is 0.167. The number of aryl methyl sites for hydroxylation is 1. The average molecular weight is 417 g/mol. The summed E-state index contributed by atoms with van der Waals surface area (Å²) in [5.41, 5.74) is -0.711. The van der Waals surface area contributed by atoms with Crippen molar-refractivity contribution in [2.45, 2.75) is 13.5 Å². The van der Waals surface area contributed by atoms with Gasteiger partial charge in [-0.25, -0.2) is 4.57 Å². The van der Waals surface area contributed by atoms with Crippen molar-refractivity contribution in [3.05, 3.63) is 42.7 Å². The summed E-state index contributed by atoms with van der Waals surface area (Å²) in [6, 6.07) is 7.37. The van der Waals surface area contributed by atoms with E-state index >= 15 is 0 Å². The minimum Gasteiger partial charge on any atom is -1.00 e. The first-order valence-corrected chi connectivity index (χ1v) is 9.54. The molecule has 0 spiro atoms. The number of hydrogen-bond acceptors (Lipinski definition) is 2. The molecule has 12 heteroatoms. The van der Waals surface area contributed by atoms with Gasteiger partial charge < -0.3 is 44.4 Å². The number of pyridine rings is 2. The fourth-order valence-electron chi connectivity index (χ4n) is 2.14. The number of hydrogen-bond donors (Lipinski definition) is 4. The molecule has 2 aromatic rings. The molecule has 0 aromatic carbocycles. The summed E-state index contributed by atoms with van der Waals surface area (Å²) < 4.78 is 26.2. The molecule has 8 nitrogen and oxygen atoms in total. The van der Waals surface area contributed by atoms with Crippen LogP contribution >= 0.6 is 15.2 Å². The van der Waals surface area contributed by atoms with Crippen molar-refractivity contribution in [1.29, 1.82) is 0 Å². The molecule has 0 saturated carbocycles. The molecule has 0 saturated heterocycles. The first-order valence-electron chi connectivity index (χ1n) is 6.32. The minimum absolute atomic E-state index is 0. The second-order valence-electron chi connectivity index (χ2n) is 4.52. The van der Waals surface area contributed by atoms with Crippen LogP contribution in [0.2, 0.25) is 0 Å². The maximum Gasteiger partial charge on any atom is 0.449 e. The lowest BCUT2D eigenvalue weighted by atomic mass is 10.4. The lowest BCUT2D eigenvalue weighted by Crippen LogP contribution is -3.00. The smallest absolute Gasteiger partial charge is 0.449 e. The number of nitrogens with zero attached hydrogens (tertiary/aromatic N) is 2. The molecular weight excluding hydrogens is 401 g/mol. The molecule has 4 N–H and O–H groups in total. The molecule has 134 valence electrons. The van der Waals surface area contributed by atoms with E-state index in [1.807, 2.05) is 6.92 Å². The summed E-state index contributed by atoms with van der Waals surface area (Å²) >= 11 is 0. The second kappa shape index (κ2) is 8.52. The van der Waals surface area contributed by atoms with Crippen LogP contribution in [0.15, 0.2) is 42.7 Å². The highest BCUT2D eigenvalue weighted by Gasteiger charge is 2.42. The van der Waals surface area contributed by atoms with Crippen LogP contribution in [0, 0.1) is 0 Å². The molecule has 2 heterocycles. The average Bonchev–Trinajstić information content (AvgIpc) is 2.44. The second-order valence-corrected chi connectivity index (χ2v) is 7.60. The van der Waals surface area contributed by atoms with Crippen molar-refractivity contribution in [2.75, 3.05) is 0 Å². The third kappa shape index (κ3) is 4.85. The Bertz CT molecular complexity index is 808. The highest BCUT2D eigenvalue weighted by Crippen LogP contribution is 2.38. The van der Waals surface area contributed by atoms with Gasteiger partial charge in [0.2, 0.25) is 0 Å². The summed E-state index contributed by atoms with van der Waals surface area (Å²) in [5.74, 6) is 0.388. The molecule has 2 rings (SSSR count). The van der Waals surface area contributed by atoms with E-state index in [1.165, 1.54) is 12.3 Å². The highest BCUT2D eigenvalue weighted by molar-refractivity contribution is 7.66. The van der Waals surface area contributed by atoms with Gasteiger partial charge in [-0.05, 0) is 19.1 Å². The lowest BCUT2D eigenvalue weighted by molar-refractivity contribution is -0.784. The summed E-state index contributed by atoms with van der Waals surface area (Å²) in [7, 11) is -9.77. The van der Waals surface area contributed by atoms with Crippen LogP contribution in [0.3, 0.4) is 0 Å². The van der Waals surface area contributed by atoms with Crippen molar-refractivity contribution < 1.29 is 62.7 Å². The van der Waals surface area contributed by atoms with E-state index in [0.29, 0.717) is 12.4 Å². The Morgan fingerprint density at radius 2 is 1.54 bits per heavy atom. The first kappa shape index (κ1) is 23.2. The topological polar surface area (TPSA) is 123 Å². The van der Waals surface area contributed by atoms with E-state index in [0.717, 1.165) is 10.6 Å². The number of rotatable bonds is 4. The molecule has 0 aliphatic carbocycles. The molecule has 0 aliphatic rings. The van der Waals surface area contributed by atoms with Crippen molar-refractivity contribution in [3.63, 3.8) is 0 Å². The Kier molecular flexibility index (Phi) is 8.23. The van der Waals surface area contributed by atoms with Crippen LogP contribution in [-0.2, 0) is 15.7 Å². The van der Waals surface area contributed by atoms with Crippen LogP contribution in [0.1, 0.15) is 6.92 Å². The van der Waals surface area contributed by atoms with E-state index < -0.39 is 25.9 Å². The molecule has 0 amide bonds. The van der Waals surface area contributed by atoms with Gasteiger partial charge in [0.1, 0.15) is 5.30 Å². The van der Waals surface area contributed by atoms with E-state index in [9.17, 15) is 28.7 Å². The largest absolute Gasteiger partial charge is 1.00 e. The Morgan fingerprint density at radius 1 is 0.917 bits per heavy atom. The monoisotopic (exact) mass is 416 g/mol. The normalized spacial score (nSPS) is 11.4. The zero-order valence-electron chi connectivity index (χ0n) is 12.4. The van der Waals surface area contributed by atoms with Crippen LogP contribution in [-0.4, -0.2) is 19.6 Å². The molecule has 0 atom stereocenters. The predicted octanol–water partition coefficient (Wildman–Crippen LogP) is -7.12. The number of aromatic nitrogens is 2. The molecule has 2 aromatic heterocycles. The molecule has 0 aliphatic heterocycles. The van der Waals surface area contributed by atoms with Gasteiger partial charge in [0.15, 0.2) is 18.9 Å². The summed E-state index contributed by atoms with van der Waals surface area (Å²) in [4.78, 5) is 37.9. The predicted molar refractivity (Wildman–Crippen MR) is 77.2 cm³/mol. The Balaban J connectivity index is 0.00000264. The molecule has 0 radical (unpaired) electrons. The van der Waals surface area contributed by atoms with Gasteiger partial charge in [-0.2, -0.15) is 0 Å². The van der Waals surface area contributed by atoms with Gasteiger partial charge in [0.05, 0.1) is 6.07 Å². The van der Waals surface area contributed by atoms with Crippen molar-refractivity contribution >= 4 is 25.9 Å². The van der Waals surface area contributed by atoms with Gasteiger partial charge >= 0.3 is 26.4 Å². The van der Waals surface area contributed by atoms with Gasteiger partial charge in [-0.15, -0.1) is 4.57 Å². The molecule has 0 unspecified atom stereocenters. The molecule has 24 heavy (non-hydrogen) atoms. The first-order chi connectivity index (χ1) is 10.2. The maximum atomic E-state index is 11.8. The summed E-state index contributed by atoms with van der Waals surface area (Å²) in [6.45, 7) is 2.36. The van der Waals surface area contributed by atoms with Gasteiger partial charge in [0.25, 0.3) is 0 Å². The number of halogens is 2. The molecule has 0 bridgehead atoms. The van der Waals surface area contributed by atoms with Crippen LogP contribution in [0.25, 0.3) is 5.82 Å². The third-order valence-electron chi connectivity index (χ3n) is 3.04. The van der Waals surface area contributed by atoms with Crippen LogP contribution < -0.4 is 44.7 Å². The quantitative estimate of drug-likeness (QED) is 0.290. The van der Waals surface area contributed by atoms with Gasteiger partial charge in [-0.1, -0.05) is 4.57 Å².